The van der Waals surface area contributed by atoms with E-state index in [0.29, 0.717) is 5.56 Å². The largest absolute Gasteiger partial charge is 0.382 e. The molecule has 0 fully saturated rings. The summed E-state index contributed by atoms with van der Waals surface area (Å²) in [4.78, 5) is 10.7. The van der Waals surface area contributed by atoms with Crippen molar-refractivity contribution >= 4 is 11.8 Å². The van der Waals surface area contributed by atoms with Crippen LogP contribution in [-0.4, -0.2) is 22.8 Å². The molecule has 76 valence electrons. The molecule has 0 aliphatic rings. The third-order valence-electron chi connectivity index (χ3n) is 1.82. The van der Waals surface area contributed by atoms with Crippen molar-refractivity contribution in [3.05, 3.63) is 39.9 Å². The summed E-state index contributed by atoms with van der Waals surface area (Å²) in [6.07, 6.45) is 0.934. The predicted molar refractivity (Wildman–Crippen MR) is 55.0 cm³/mol. The van der Waals surface area contributed by atoms with Gasteiger partial charge in [-0.25, -0.2) is 0 Å². The second-order valence-corrected chi connectivity index (χ2v) is 3.68. The number of aliphatic hydroxyl groups excluding tert-OH is 1. The molecule has 1 unspecified atom stereocenters. The summed E-state index contributed by atoms with van der Waals surface area (Å²) in [5.41, 5.74) is 0.583. The van der Waals surface area contributed by atoms with Gasteiger partial charge in [-0.3, -0.25) is 10.1 Å². The maximum atomic E-state index is 10.1. The van der Waals surface area contributed by atoms with Crippen LogP contribution >= 0.6 is 11.8 Å². The fourth-order valence-electron chi connectivity index (χ4n) is 1.07. The Hall–Kier alpha value is -1.07. The van der Waals surface area contributed by atoms with Gasteiger partial charge in [-0.1, -0.05) is 12.1 Å². The van der Waals surface area contributed by atoms with Crippen molar-refractivity contribution < 1.29 is 10.0 Å². The molecule has 0 bridgehead atoms. The van der Waals surface area contributed by atoms with E-state index in [9.17, 15) is 15.2 Å². The smallest absolute Gasteiger partial charge is 0.233 e. The van der Waals surface area contributed by atoms with Crippen LogP contribution in [0.2, 0.25) is 0 Å². The number of aliphatic hydroxyl groups is 1. The number of benzene rings is 1. The number of hydrogen-bond donors (Lipinski definition) is 1. The highest BCUT2D eigenvalue weighted by atomic mass is 32.2. The van der Waals surface area contributed by atoms with Gasteiger partial charge < -0.3 is 5.11 Å². The monoisotopic (exact) mass is 213 g/mol. The minimum absolute atomic E-state index is 0.446. The number of rotatable bonds is 4. The van der Waals surface area contributed by atoms with Crippen LogP contribution in [0.25, 0.3) is 0 Å². The molecule has 0 heterocycles. The first-order valence-electron chi connectivity index (χ1n) is 4.07. The number of thioether (sulfide) groups is 1. The maximum Gasteiger partial charge on any atom is 0.233 e. The molecular formula is C9H11NO3S. The van der Waals surface area contributed by atoms with Crippen molar-refractivity contribution in [2.24, 2.45) is 0 Å². The Balaban J connectivity index is 2.71. The number of hydrogen-bond acceptors (Lipinski definition) is 4. The molecule has 1 aromatic carbocycles. The first-order chi connectivity index (χ1) is 6.63. The highest BCUT2D eigenvalue weighted by molar-refractivity contribution is 7.98. The van der Waals surface area contributed by atoms with Crippen molar-refractivity contribution in [1.82, 2.24) is 0 Å². The number of nitrogens with zero attached hydrogens (tertiary/aromatic N) is 1. The summed E-state index contributed by atoms with van der Waals surface area (Å²) in [6, 6.07) is 7.09. The van der Waals surface area contributed by atoms with Gasteiger partial charge in [0.2, 0.25) is 6.54 Å². The average molecular weight is 213 g/mol. The summed E-state index contributed by atoms with van der Waals surface area (Å²) in [7, 11) is 0. The van der Waals surface area contributed by atoms with Gasteiger partial charge in [0.15, 0.2) is 0 Å². The zero-order valence-electron chi connectivity index (χ0n) is 7.71. The minimum atomic E-state index is -1.01. The van der Waals surface area contributed by atoms with Crippen LogP contribution in [0.3, 0.4) is 0 Å². The summed E-state index contributed by atoms with van der Waals surface area (Å²) < 4.78 is 0. The fraction of sp³-hybridized carbons (Fsp3) is 0.333. The van der Waals surface area contributed by atoms with Crippen molar-refractivity contribution in [3.8, 4) is 0 Å². The molecule has 0 saturated carbocycles. The molecule has 0 spiro atoms. The Kier molecular flexibility index (Phi) is 3.91. The highest BCUT2D eigenvalue weighted by Crippen LogP contribution is 2.18. The van der Waals surface area contributed by atoms with Gasteiger partial charge in [-0.2, -0.15) is 0 Å². The molecule has 1 aromatic rings. The van der Waals surface area contributed by atoms with Crippen LogP contribution in [0.1, 0.15) is 11.7 Å². The molecule has 1 N–H and O–H groups in total. The third kappa shape index (κ3) is 3.01. The molecule has 0 amide bonds. The lowest BCUT2D eigenvalue weighted by molar-refractivity contribution is -0.491. The highest BCUT2D eigenvalue weighted by Gasteiger charge is 2.13. The van der Waals surface area contributed by atoms with E-state index in [-0.39, 0.29) is 0 Å². The molecule has 0 aliphatic carbocycles. The van der Waals surface area contributed by atoms with E-state index in [1.165, 1.54) is 0 Å². The molecule has 1 atom stereocenters. The van der Waals surface area contributed by atoms with Crippen LogP contribution in [-0.2, 0) is 0 Å². The second-order valence-electron chi connectivity index (χ2n) is 2.80. The fourth-order valence-corrected chi connectivity index (χ4v) is 1.48. The van der Waals surface area contributed by atoms with Gasteiger partial charge in [0.05, 0.1) is 0 Å². The lowest BCUT2D eigenvalue weighted by atomic mass is 10.1. The topological polar surface area (TPSA) is 63.4 Å². The van der Waals surface area contributed by atoms with E-state index < -0.39 is 17.6 Å². The summed E-state index contributed by atoms with van der Waals surface area (Å²) >= 11 is 1.59. The van der Waals surface area contributed by atoms with Crippen molar-refractivity contribution in [2.45, 2.75) is 11.0 Å². The van der Waals surface area contributed by atoms with Gasteiger partial charge in [-0.05, 0) is 24.0 Å². The van der Waals surface area contributed by atoms with Crippen LogP contribution < -0.4 is 0 Å². The average Bonchev–Trinajstić information content (AvgIpc) is 2.17. The standard InChI is InChI=1S/C9H11NO3S/c1-14-8-4-2-7(3-5-8)9(11)6-10(12)13/h2-5,9,11H,6H2,1H3. The maximum absolute atomic E-state index is 10.1. The van der Waals surface area contributed by atoms with Crippen LogP contribution in [0.4, 0.5) is 0 Å². The van der Waals surface area contributed by atoms with E-state index in [4.69, 9.17) is 0 Å². The van der Waals surface area contributed by atoms with E-state index in [0.717, 1.165) is 4.90 Å². The van der Waals surface area contributed by atoms with Crippen molar-refractivity contribution in [3.63, 3.8) is 0 Å². The first kappa shape index (κ1) is 11.0. The zero-order valence-corrected chi connectivity index (χ0v) is 8.53. The van der Waals surface area contributed by atoms with Gasteiger partial charge >= 0.3 is 0 Å². The Bertz CT molecular complexity index is 312. The van der Waals surface area contributed by atoms with Gasteiger partial charge in [-0.15, -0.1) is 11.8 Å². The first-order valence-corrected chi connectivity index (χ1v) is 5.29. The van der Waals surface area contributed by atoms with Crippen molar-refractivity contribution in [2.75, 3.05) is 12.8 Å². The lowest BCUT2D eigenvalue weighted by Gasteiger charge is -2.06. The van der Waals surface area contributed by atoms with E-state index in [1.54, 1.807) is 23.9 Å². The Morgan fingerprint density at radius 1 is 1.50 bits per heavy atom. The van der Waals surface area contributed by atoms with Gasteiger partial charge in [0, 0.05) is 9.82 Å². The third-order valence-corrected chi connectivity index (χ3v) is 2.57. The van der Waals surface area contributed by atoms with Crippen LogP contribution in [0, 0.1) is 10.1 Å². The number of nitro groups is 1. The SMILES string of the molecule is CSc1ccc(C(O)C[N+](=O)[O-])cc1. The van der Waals surface area contributed by atoms with Crippen LogP contribution in [0.15, 0.2) is 29.2 Å². The predicted octanol–water partition coefficient (Wildman–Crippen LogP) is 1.72. The second kappa shape index (κ2) is 4.97. The molecule has 5 heteroatoms. The Morgan fingerprint density at radius 3 is 2.50 bits per heavy atom. The molecule has 0 aliphatic heterocycles. The molecule has 4 nitrogen and oxygen atoms in total. The zero-order chi connectivity index (χ0) is 10.6. The molecule has 0 radical (unpaired) electrons. The Morgan fingerprint density at radius 2 is 2.07 bits per heavy atom. The van der Waals surface area contributed by atoms with E-state index in [2.05, 4.69) is 0 Å². The minimum Gasteiger partial charge on any atom is -0.382 e. The summed E-state index contributed by atoms with van der Waals surface area (Å²) in [5, 5.41) is 19.6. The molecule has 1 rings (SSSR count). The molecule has 0 saturated heterocycles. The lowest BCUT2D eigenvalue weighted by Crippen LogP contribution is -2.11. The van der Waals surface area contributed by atoms with Crippen LogP contribution in [0.5, 0.6) is 0 Å². The molecule has 14 heavy (non-hydrogen) atoms. The summed E-state index contributed by atoms with van der Waals surface area (Å²) in [6.45, 7) is -0.446. The molecular weight excluding hydrogens is 202 g/mol. The summed E-state index contributed by atoms with van der Waals surface area (Å²) in [5.74, 6) is 0. The quantitative estimate of drug-likeness (QED) is 0.470. The molecule has 0 aromatic heterocycles. The van der Waals surface area contributed by atoms with E-state index in [1.807, 2.05) is 18.4 Å². The van der Waals surface area contributed by atoms with Gasteiger partial charge in [0.1, 0.15) is 6.10 Å². The normalized spacial score (nSPS) is 12.4. The Labute approximate surface area is 86.1 Å². The van der Waals surface area contributed by atoms with E-state index >= 15 is 0 Å². The van der Waals surface area contributed by atoms with Gasteiger partial charge in [0.25, 0.3) is 0 Å². The van der Waals surface area contributed by atoms with Crippen molar-refractivity contribution in [1.29, 1.82) is 0 Å².